The lowest BCUT2D eigenvalue weighted by Crippen LogP contribution is -2.46. The zero-order valence-electron chi connectivity index (χ0n) is 19.4. The fourth-order valence-corrected chi connectivity index (χ4v) is 10.5. The predicted molar refractivity (Wildman–Crippen MR) is 125 cm³/mol. The Labute approximate surface area is 177 Å². The van der Waals surface area contributed by atoms with E-state index in [1.807, 2.05) is 0 Å². The van der Waals surface area contributed by atoms with E-state index in [-0.39, 0.29) is 0 Å². The molecule has 0 atom stereocenters. The summed E-state index contributed by atoms with van der Waals surface area (Å²) in [5, 5.41) is 0. The monoisotopic (exact) mass is 430 g/mol. The van der Waals surface area contributed by atoms with Gasteiger partial charge in [-0.2, -0.15) is 0 Å². The van der Waals surface area contributed by atoms with Crippen molar-refractivity contribution < 1.29 is 17.7 Å². The fraction of sp³-hybridized carbons (Fsp3) is 0.818. The van der Waals surface area contributed by atoms with Crippen LogP contribution >= 0.6 is 0 Å². The van der Waals surface area contributed by atoms with Crippen LogP contribution in [0.15, 0.2) is 23.6 Å². The molecule has 0 spiro atoms. The Bertz CT molecular complexity index is 363. The minimum Gasteiger partial charge on any atom is -0.392 e. The lowest BCUT2D eigenvalue weighted by atomic mass is 10.2. The van der Waals surface area contributed by atoms with Crippen molar-refractivity contribution in [3.63, 3.8) is 0 Å². The van der Waals surface area contributed by atoms with Crippen LogP contribution in [0.25, 0.3) is 0 Å². The lowest BCUT2D eigenvalue weighted by Gasteiger charge is -2.32. The molecule has 0 aliphatic rings. The molecular formula is C22H46O4Si2. The van der Waals surface area contributed by atoms with Gasteiger partial charge in [-0.1, -0.05) is 51.7 Å². The third-order valence-electron chi connectivity index (χ3n) is 4.57. The molecule has 0 rings (SSSR count). The second-order valence-corrected chi connectivity index (χ2v) is 13.0. The Balaban J connectivity index is 5.43. The lowest BCUT2D eigenvalue weighted by molar-refractivity contribution is 0.183. The van der Waals surface area contributed by atoms with E-state index in [0.717, 1.165) is 24.9 Å². The average Bonchev–Trinajstić information content (AvgIpc) is 2.68. The van der Waals surface area contributed by atoms with Crippen molar-refractivity contribution in [2.75, 3.05) is 26.4 Å². The van der Waals surface area contributed by atoms with Gasteiger partial charge in [-0.3, -0.25) is 0 Å². The van der Waals surface area contributed by atoms with Gasteiger partial charge in [0.05, 0.1) is 0 Å². The van der Waals surface area contributed by atoms with E-state index < -0.39 is 17.1 Å². The molecule has 0 heterocycles. The molecule has 0 bridgehead atoms. The molecule has 0 aromatic carbocycles. The van der Waals surface area contributed by atoms with Gasteiger partial charge in [0.25, 0.3) is 0 Å². The maximum atomic E-state index is 6.26. The van der Waals surface area contributed by atoms with Gasteiger partial charge in [-0.15, -0.1) is 0 Å². The highest BCUT2D eigenvalue weighted by Crippen LogP contribution is 2.27. The third-order valence-corrected chi connectivity index (χ3v) is 11.6. The fourth-order valence-electron chi connectivity index (χ4n) is 3.23. The summed E-state index contributed by atoms with van der Waals surface area (Å²) in [7, 11) is -4.81. The molecule has 0 aromatic rings. The van der Waals surface area contributed by atoms with Gasteiger partial charge in [0, 0.05) is 26.4 Å². The average molecular weight is 431 g/mol. The zero-order chi connectivity index (χ0) is 21.1. The van der Waals surface area contributed by atoms with Crippen molar-refractivity contribution in [1.29, 1.82) is 0 Å². The van der Waals surface area contributed by atoms with Gasteiger partial charge in [0.2, 0.25) is 0 Å². The molecule has 0 radical (unpaired) electrons. The second-order valence-electron chi connectivity index (χ2n) is 6.94. The van der Waals surface area contributed by atoms with Crippen LogP contribution in [0.5, 0.6) is 0 Å². The molecule has 0 fully saturated rings. The van der Waals surface area contributed by atoms with Crippen LogP contribution in [0.3, 0.4) is 0 Å². The van der Waals surface area contributed by atoms with E-state index in [1.165, 1.54) is 25.7 Å². The van der Waals surface area contributed by atoms with Crippen molar-refractivity contribution in [3.8, 4) is 0 Å². The van der Waals surface area contributed by atoms with E-state index in [2.05, 4.69) is 65.1 Å². The standard InChI is InChI=1S/C22H46O4Si2/c1-7-13-15-17-19-27(23-9-3,24-10-4)21-22-28(25-11-5,26-12-6)20-18-16-14-8-2/h17-20H,7-16,21-22H2,1-6H3. The summed E-state index contributed by atoms with van der Waals surface area (Å²) in [6, 6.07) is 1.75. The van der Waals surface area contributed by atoms with Gasteiger partial charge in [-0.25, -0.2) is 0 Å². The molecular weight excluding hydrogens is 384 g/mol. The number of rotatable bonds is 19. The Hall–Kier alpha value is -0.246. The van der Waals surface area contributed by atoms with Crippen LogP contribution in [-0.4, -0.2) is 43.5 Å². The van der Waals surface area contributed by atoms with Crippen molar-refractivity contribution in [2.45, 2.75) is 92.2 Å². The molecule has 28 heavy (non-hydrogen) atoms. The first-order valence-corrected chi connectivity index (χ1v) is 15.7. The summed E-state index contributed by atoms with van der Waals surface area (Å²) >= 11 is 0. The summed E-state index contributed by atoms with van der Waals surface area (Å²) < 4.78 is 25.0. The van der Waals surface area contributed by atoms with E-state index >= 15 is 0 Å². The van der Waals surface area contributed by atoms with E-state index in [1.54, 1.807) is 0 Å². The maximum Gasteiger partial charge on any atom is 0.364 e. The molecule has 4 nitrogen and oxygen atoms in total. The first kappa shape index (κ1) is 27.8. The number of allylic oxidation sites excluding steroid dienone is 2. The number of hydrogen-bond donors (Lipinski definition) is 0. The summed E-state index contributed by atoms with van der Waals surface area (Å²) in [5.74, 6) is 0. The zero-order valence-corrected chi connectivity index (χ0v) is 21.4. The highest BCUT2D eigenvalue weighted by molar-refractivity contribution is 6.78. The second kappa shape index (κ2) is 17.6. The van der Waals surface area contributed by atoms with E-state index in [0.29, 0.717) is 26.4 Å². The van der Waals surface area contributed by atoms with Gasteiger partial charge < -0.3 is 17.7 Å². The first-order valence-electron chi connectivity index (χ1n) is 11.5. The molecule has 0 N–H and O–H groups in total. The largest absolute Gasteiger partial charge is 0.392 e. The summed E-state index contributed by atoms with van der Waals surface area (Å²) in [6.45, 7) is 15.4. The van der Waals surface area contributed by atoms with Crippen molar-refractivity contribution in [3.05, 3.63) is 23.6 Å². The Morgan fingerprint density at radius 2 is 0.857 bits per heavy atom. The number of unbranched alkanes of at least 4 members (excludes halogenated alkanes) is 4. The van der Waals surface area contributed by atoms with Gasteiger partial charge >= 0.3 is 17.1 Å². The van der Waals surface area contributed by atoms with E-state index in [4.69, 9.17) is 17.7 Å². The minimum absolute atomic E-state index is 0.675. The summed E-state index contributed by atoms with van der Waals surface area (Å²) in [6.07, 6.45) is 11.5. The van der Waals surface area contributed by atoms with Crippen LogP contribution in [0.4, 0.5) is 0 Å². The Morgan fingerprint density at radius 1 is 0.536 bits per heavy atom. The smallest absolute Gasteiger partial charge is 0.364 e. The topological polar surface area (TPSA) is 36.9 Å². The van der Waals surface area contributed by atoms with Crippen LogP contribution in [0.2, 0.25) is 12.1 Å². The molecule has 0 aliphatic carbocycles. The summed E-state index contributed by atoms with van der Waals surface area (Å²) in [5.41, 5.74) is 4.51. The molecule has 0 amide bonds. The van der Waals surface area contributed by atoms with Crippen LogP contribution < -0.4 is 0 Å². The highest BCUT2D eigenvalue weighted by atomic mass is 28.4. The SMILES string of the molecule is CCCCC=C[Si](CC[Si](C=CCCCC)(OCC)OCC)(OCC)OCC. The van der Waals surface area contributed by atoms with Gasteiger partial charge in [0.15, 0.2) is 0 Å². The van der Waals surface area contributed by atoms with Crippen molar-refractivity contribution >= 4 is 17.1 Å². The van der Waals surface area contributed by atoms with Crippen LogP contribution in [0.1, 0.15) is 80.1 Å². The quantitative estimate of drug-likeness (QED) is 0.171. The number of hydrogen-bond acceptors (Lipinski definition) is 4. The van der Waals surface area contributed by atoms with Gasteiger partial charge in [0.1, 0.15) is 0 Å². The molecule has 166 valence electrons. The third kappa shape index (κ3) is 11.7. The van der Waals surface area contributed by atoms with Crippen LogP contribution in [-0.2, 0) is 17.7 Å². The van der Waals surface area contributed by atoms with Crippen LogP contribution in [0, 0.1) is 0 Å². The molecule has 0 aliphatic heterocycles. The molecule has 0 saturated heterocycles. The maximum absolute atomic E-state index is 6.26. The van der Waals surface area contributed by atoms with E-state index in [9.17, 15) is 0 Å². The molecule has 0 aromatic heterocycles. The first-order chi connectivity index (χ1) is 13.6. The Morgan fingerprint density at radius 3 is 1.11 bits per heavy atom. The van der Waals surface area contributed by atoms with Crippen molar-refractivity contribution in [1.82, 2.24) is 0 Å². The normalized spacial score (nSPS) is 13.2. The summed E-state index contributed by atoms with van der Waals surface area (Å²) in [4.78, 5) is 0. The van der Waals surface area contributed by atoms with Gasteiger partial charge in [-0.05, 0) is 64.0 Å². The Kier molecular flexibility index (Phi) is 17.4. The molecule has 6 heteroatoms. The molecule has 0 unspecified atom stereocenters. The van der Waals surface area contributed by atoms with Crippen molar-refractivity contribution in [2.24, 2.45) is 0 Å². The predicted octanol–water partition coefficient (Wildman–Crippen LogP) is 6.59. The minimum atomic E-state index is -2.41. The highest BCUT2D eigenvalue weighted by Gasteiger charge is 2.42. The molecule has 0 saturated carbocycles.